The SMILES string of the molecule is CCOC(=O)N1CCN(c2ccnc3c2C=C(c2cc(C)ccn2)C3)CC1. The van der Waals surface area contributed by atoms with Crippen LogP contribution in [0, 0.1) is 6.92 Å². The van der Waals surface area contributed by atoms with Crippen molar-refractivity contribution >= 4 is 23.4 Å². The number of allylic oxidation sites excluding steroid dienone is 1. The molecule has 0 aromatic carbocycles. The summed E-state index contributed by atoms with van der Waals surface area (Å²) in [6.07, 6.45) is 6.55. The molecule has 0 bridgehead atoms. The van der Waals surface area contributed by atoms with E-state index in [0.29, 0.717) is 19.7 Å². The molecule has 0 radical (unpaired) electrons. The Labute approximate surface area is 159 Å². The fourth-order valence-electron chi connectivity index (χ4n) is 3.71. The van der Waals surface area contributed by atoms with Gasteiger partial charge in [-0.2, -0.15) is 0 Å². The lowest BCUT2D eigenvalue weighted by molar-refractivity contribution is 0.105. The monoisotopic (exact) mass is 364 g/mol. The Hall–Kier alpha value is -2.89. The number of carbonyl (C=O) groups excluding carboxylic acids is 1. The van der Waals surface area contributed by atoms with Gasteiger partial charge in [-0.05, 0) is 49.3 Å². The lowest BCUT2D eigenvalue weighted by Crippen LogP contribution is -2.49. The van der Waals surface area contributed by atoms with Gasteiger partial charge < -0.3 is 14.5 Å². The first-order valence-electron chi connectivity index (χ1n) is 9.44. The first kappa shape index (κ1) is 17.5. The second-order valence-electron chi connectivity index (χ2n) is 6.93. The summed E-state index contributed by atoms with van der Waals surface area (Å²) in [5, 5.41) is 0. The summed E-state index contributed by atoms with van der Waals surface area (Å²) in [5.74, 6) is 0. The van der Waals surface area contributed by atoms with Crippen molar-refractivity contribution in [2.24, 2.45) is 0 Å². The van der Waals surface area contributed by atoms with E-state index in [9.17, 15) is 4.79 Å². The number of hydrogen-bond acceptors (Lipinski definition) is 5. The van der Waals surface area contributed by atoms with Crippen LogP contribution < -0.4 is 4.90 Å². The van der Waals surface area contributed by atoms with Gasteiger partial charge in [0.1, 0.15) is 0 Å². The third-order valence-electron chi connectivity index (χ3n) is 5.12. The summed E-state index contributed by atoms with van der Waals surface area (Å²) >= 11 is 0. The van der Waals surface area contributed by atoms with Gasteiger partial charge in [-0.25, -0.2) is 4.79 Å². The molecule has 27 heavy (non-hydrogen) atoms. The molecule has 6 heteroatoms. The van der Waals surface area contributed by atoms with Gasteiger partial charge in [-0.15, -0.1) is 0 Å². The number of amides is 1. The molecule has 140 valence electrons. The normalized spacial score (nSPS) is 16.1. The highest BCUT2D eigenvalue weighted by atomic mass is 16.6. The summed E-state index contributed by atoms with van der Waals surface area (Å²) in [5.41, 5.74) is 6.90. The number of anilines is 1. The molecule has 0 spiro atoms. The van der Waals surface area contributed by atoms with Crippen LogP contribution in [-0.2, 0) is 11.2 Å². The van der Waals surface area contributed by atoms with Gasteiger partial charge in [0.05, 0.1) is 18.0 Å². The van der Waals surface area contributed by atoms with Crippen LogP contribution >= 0.6 is 0 Å². The van der Waals surface area contributed by atoms with E-state index < -0.39 is 0 Å². The summed E-state index contributed by atoms with van der Waals surface area (Å²) in [6, 6.07) is 6.20. The van der Waals surface area contributed by atoms with Crippen LogP contribution in [0.5, 0.6) is 0 Å². The van der Waals surface area contributed by atoms with E-state index in [1.54, 1.807) is 4.90 Å². The minimum atomic E-state index is -0.218. The predicted molar refractivity (Wildman–Crippen MR) is 106 cm³/mol. The molecule has 2 aliphatic rings. The molecular weight excluding hydrogens is 340 g/mol. The Bertz CT molecular complexity index is 886. The van der Waals surface area contributed by atoms with Crippen molar-refractivity contribution in [1.82, 2.24) is 14.9 Å². The number of carbonyl (C=O) groups is 1. The van der Waals surface area contributed by atoms with E-state index in [1.165, 1.54) is 22.4 Å². The highest BCUT2D eigenvalue weighted by molar-refractivity contribution is 5.91. The fourth-order valence-corrected chi connectivity index (χ4v) is 3.71. The van der Waals surface area contributed by atoms with E-state index >= 15 is 0 Å². The Morgan fingerprint density at radius 2 is 1.93 bits per heavy atom. The number of aryl methyl sites for hydroxylation is 1. The minimum Gasteiger partial charge on any atom is -0.450 e. The van der Waals surface area contributed by atoms with Crippen molar-refractivity contribution in [3.63, 3.8) is 0 Å². The van der Waals surface area contributed by atoms with E-state index in [1.807, 2.05) is 25.4 Å². The molecule has 1 aliphatic carbocycles. The first-order chi connectivity index (χ1) is 13.2. The zero-order valence-electron chi connectivity index (χ0n) is 15.8. The van der Waals surface area contributed by atoms with E-state index in [4.69, 9.17) is 4.74 Å². The van der Waals surface area contributed by atoms with E-state index in [-0.39, 0.29) is 6.09 Å². The van der Waals surface area contributed by atoms with Crippen LogP contribution in [0.1, 0.15) is 29.4 Å². The zero-order chi connectivity index (χ0) is 18.8. The molecule has 1 fully saturated rings. The second-order valence-corrected chi connectivity index (χ2v) is 6.93. The van der Waals surface area contributed by atoms with Crippen LogP contribution in [0.2, 0.25) is 0 Å². The van der Waals surface area contributed by atoms with E-state index in [2.05, 4.69) is 40.0 Å². The lowest BCUT2D eigenvalue weighted by Gasteiger charge is -2.36. The summed E-state index contributed by atoms with van der Waals surface area (Å²) < 4.78 is 5.11. The number of hydrogen-bond donors (Lipinski definition) is 0. The van der Waals surface area contributed by atoms with Gasteiger partial charge in [-0.3, -0.25) is 9.97 Å². The fraction of sp³-hybridized carbons (Fsp3) is 0.381. The number of piperazine rings is 1. The van der Waals surface area contributed by atoms with E-state index in [0.717, 1.165) is 30.9 Å². The number of ether oxygens (including phenoxy) is 1. The van der Waals surface area contributed by atoms with Gasteiger partial charge in [-0.1, -0.05) is 0 Å². The first-order valence-corrected chi connectivity index (χ1v) is 9.44. The van der Waals surface area contributed by atoms with Crippen LogP contribution in [-0.4, -0.2) is 53.7 Å². The average Bonchev–Trinajstić information content (AvgIpc) is 3.13. The van der Waals surface area contributed by atoms with Gasteiger partial charge in [0, 0.05) is 56.2 Å². The summed E-state index contributed by atoms with van der Waals surface area (Å²) in [4.78, 5) is 25.1. The number of aromatic nitrogens is 2. The van der Waals surface area contributed by atoms with Gasteiger partial charge >= 0.3 is 6.09 Å². The third-order valence-corrected chi connectivity index (χ3v) is 5.12. The standard InChI is InChI=1S/C21H24N4O2/c1-3-27-21(26)25-10-8-24(9-11-25)20-5-7-23-19-14-16(13-17(19)20)18-12-15(2)4-6-22-18/h4-7,12-13H,3,8-11,14H2,1-2H3. The Morgan fingerprint density at radius 3 is 2.67 bits per heavy atom. The molecule has 0 N–H and O–H groups in total. The maximum Gasteiger partial charge on any atom is 0.409 e. The van der Waals surface area contributed by atoms with Crippen molar-refractivity contribution in [1.29, 1.82) is 0 Å². The van der Waals surface area contributed by atoms with Crippen LogP contribution in [0.15, 0.2) is 30.6 Å². The largest absolute Gasteiger partial charge is 0.450 e. The smallest absolute Gasteiger partial charge is 0.409 e. The number of pyridine rings is 2. The molecule has 2 aromatic rings. The molecule has 4 rings (SSSR count). The topological polar surface area (TPSA) is 58.6 Å². The molecule has 1 amide bonds. The molecule has 3 heterocycles. The highest BCUT2D eigenvalue weighted by Gasteiger charge is 2.26. The molecule has 2 aromatic heterocycles. The van der Waals surface area contributed by atoms with Gasteiger partial charge in [0.15, 0.2) is 0 Å². The maximum absolute atomic E-state index is 11.9. The Morgan fingerprint density at radius 1 is 1.15 bits per heavy atom. The molecule has 0 atom stereocenters. The molecule has 1 aliphatic heterocycles. The zero-order valence-corrected chi connectivity index (χ0v) is 15.8. The van der Waals surface area contributed by atoms with Crippen molar-refractivity contribution in [2.45, 2.75) is 20.3 Å². The number of fused-ring (bicyclic) bond motifs is 1. The maximum atomic E-state index is 11.9. The highest BCUT2D eigenvalue weighted by Crippen LogP contribution is 2.35. The second kappa shape index (κ2) is 7.39. The van der Waals surface area contributed by atoms with Crippen molar-refractivity contribution in [3.8, 4) is 0 Å². The minimum absolute atomic E-state index is 0.218. The number of rotatable bonds is 3. The van der Waals surface area contributed by atoms with Gasteiger partial charge in [0.2, 0.25) is 0 Å². The Kier molecular flexibility index (Phi) is 4.79. The lowest BCUT2D eigenvalue weighted by atomic mass is 10.1. The third kappa shape index (κ3) is 3.52. The van der Waals surface area contributed by atoms with Crippen molar-refractivity contribution in [2.75, 3.05) is 37.7 Å². The van der Waals surface area contributed by atoms with Crippen molar-refractivity contribution in [3.05, 3.63) is 53.1 Å². The molecular formula is C21H24N4O2. The number of nitrogens with zero attached hydrogens (tertiary/aromatic N) is 4. The van der Waals surface area contributed by atoms with Crippen molar-refractivity contribution < 1.29 is 9.53 Å². The molecule has 0 unspecified atom stereocenters. The van der Waals surface area contributed by atoms with Crippen LogP contribution in [0.3, 0.4) is 0 Å². The van der Waals surface area contributed by atoms with Crippen LogP contribution in [0.25, 0.3) is 11.6 Å². The Balaban J connectivity index is 1.54. The average molecular weight is 364 g/mol. The van der Waals surface area contributed by atoms with Gasteiger partial charge in [0.25, 0.3) is 0 Å². The van der Waals surface area contributed by atoms with Crippen LogP contribution in [0.4, 0.5) is 10.5 Å². The summed E-state index contributed by atoms with van der Waals surface area (Å²) in [6.45, 7) is 7.26. The predicted octanol–water partition coefficient (Wildman–Crippen LogP) is 3.16. The quantitative estimate of drug-likeness (QED) is 0.837. The summed E-state index contributed by atoms with van der Waals surface area (Å²) in [7, 11) is 0. The molecule has 6 nitrogen and oxygen atoms in total. The molecule has 0 saturated carbocycles. The molecule has 1 saturated heterocycles.